The standard InChI is InChI=1S/C18H22N2O/c1-3-17(15-7-5-4-6-8-15)20-13-14-9-11-16(12-10-14)18(21)19-2/h4-12,17,20H,3,13H2,1-2H3,(H,19,21). The third kappa shape index (κ3) is 4.17. The first-order valence-corrected chi connectivity index (χ1v) is 7.34. The average Bonchev–Trinajstić information content (AvgIpc) is 2.56. The Balaban J connectivity index is 1.97. The van der Waals surface area contributed by atoms with E-state index in [9.17, 15) is 4.79 Å². The fourth-order valence-electron chi connectivity index (χ4n) is 2.34. The molecule has 0 aliphatic heterocycles. The van der Waals surface area contributed by atoms with Gasteiger partial charge in [0.2, 0.25) is 0 Å². The molecule has 0 aliphatic carbocycles. The SMILES string of the molecule is CCC(NCc1ccc(C(=O)NC)cc1)c1ccccc1. The Morgan fingerprint density at radius 2 is 1.71 bits per heavy atom. The molecule has 21 heavy (non-hydrogen) atoms. The summed E-state index contributed by atoms with van der Waals surface area (Å²) in [5.41, 5.74) is 3.18. The van der Waals surface area contributed by atoms with Crippen LogP contribution < -0.4 is 10.6 Å². The second-order valence-corrected chi connectivity index (χ2v) is 5.03. The maximum atomic E-state index is 11.5. The summed E-state index contributed by atoms with van der Waals surface area (Å²) in [6.45, 7) is 2.97. The van der Waals surface area contributed by atoms with Crippen LogP contribution in [0, 0.1) is 0 Å². The Kier molecular flexibility index (Phi) is 5.52. The minimum Gasteiger partial charge on any atom is -0.355 e. The van der Waals surface area contributed by atoms with Crippen LogP contribution in [-0.2, 0) is 6.54 Å². The lowest BCUT2D eigenvalue weighted by molar-refractivity contribution is 0.0963. The number of hydrogen-bond acceptors (Lipinski definition) is 2. The predicted molar refractivity (Wildman–Crippen MR) is 86.1 cm³/mol. The van der Waals surface area contributed by atoms with Crippen LogP contribution in [-0.4, -0.2) is 13.0 Å². The summed E-state index contributed by atoms with van der Waals surface area (Å²) in [5.74, 6) is -0.0507. The van der Waals surface area contributed by atoms with Crippen LogP contribution in [0.15, 0.2) is 54.6 Å². The van der Waals surface area contributed by atoms with Gasteiger partial charge in [0.1, 0.15) is 0 Å². The number of carbonyl (C=O) groups excluding carboxylic acids is 1. The van der Waals surface area contributed by atoms with E-state index in [2.05, 4.69) is 41.8 Å². The smallest absolute Gasteiger partial charge is 0.251 e. The summed E-state index contributed by atoms with van der Waals surface area (Å²) in [4.78, 5) is 11.5. The average molecular weight is 282 g/mol. The van der Waals surface area contributed by atoms with E-state index in [1.54, 1.807) is 7.05 Å². The molecule has 0 spiro atoms. The predicted octanol–water partition coefficient (Wildman–Crippen LogP) is 3.29. The van der Waals surface area contributed by atoms with Crippen LogP contribution in [0.4, 0.5) is 0 Å². The molecular formula is C18H22N2O. The minimum absolute atomic E-state index is 0.0507. The van der Waals surface area contributed by atoms with Gasteiger partial charge >= 0.3 is 0 Å². The van der Waals surface area contributed by atoms with Crippen molar-refractivity contribution >= 4 is 5.91 Å². The molecule has 0 radical (unpaired) electrons. The zero-order chi connectivity index (χ0) is 15.1. The molecule has 0 bridgehead atoms. The third-order valence-corrected chi connectivity index (χ3v) is 3.61. The minimum atomic E-state index is -0.0507. The molecular weight excluding hydrogens is 260 g/mol. The topological polar surface area (TPSA) is 41.1 Å². The second-order valence-electron chi connectivity index (χ2n) is 5.03. The lowest BCUT2D eigenvalue weighted by atomic mass is 10.0. The highest BCUT2D eigenvalue weighted by molar-refractivity contribution is 5.93. The number of amides is 1. The van der Waals surface area contributed by atoms with Crippen molar-refractivity contribution in [1.29, 1.82) is 0 Å². The molecule has 3 heteroatoms. The maximum Gasteiger partial charge on any atom is 0.251 e. The second kappa shape index (κ2) is 7.60. The van der Waals surface area contributed by atoms with Gasteiger partial charge in [-0.05, 0) is 29.7 Å². The van der Waals surface area contributed by atoms with Crippen molar-refractivity contribution in [1.82, 2.24) is 10.6 Å². The van der Waals surface area contributed by atoms with E-state index >= 15 is 0 Å². The van der Waals surface area contributed by atoms with Gasteiger partial charge in [-0.25, -0.2) is 0 Å². The number of benzene rings is 2. The molecule has 0 saturated carbocycles. The van der Waals surface area contributed by atoms with Gasteiger partial charge in [0.05, 0.1) is 0 Å². The van der Waals surface area contributed by atoms with Gasteiger partial charge in [-0.1, -0.05) is 49.4 Å². The molecule has 2 rings (SSSR count). The molecule has 0 aliphatic rings. The van der Waals surface area contributed by atoms with E-state index in [0.29, 0.717) is 11.6 Å². The largest absolute Gasteiger partial charge is 0.355 e. The van der Waals surface area contributed by atoms with E-state index in [4.69, 9.17) is 0 Å². The number of nitrogens with one attached hydrogen (secondary N) is 2. The number of carbonyl (C=O) groups is 1. The van der Waals surface area contributed by atoms with Crippen LogP contribution in [0.25, 0.3) is 0 Å². The quantitative estimate of drug-likeness (QED) is 0.853. The number of rotatable bonds is 6. The van der Waals surface area contributed by atoms with Gasteiger partial charge in [0.25, 0.3) is 5.91 Å². The lowest BCUT2D eigenvalue weighted by Crippen LogP contribution is -2.20. The van der Waals surface area contributed by atoms with Crippen LogP contribution in [0.3, 0.4) is 0 Å². The third-order valence-electron chi connectivity index (χ3n) is 3.61. The van der Waals surface area contributed by atoms with E-state index in [0.717, 1.165) is 13.0 Å². The molecule has 2 aromatic carbocycles. The van der Waals surface area contributed by atoms with Crippen molar-refractivity contribution in [3.8, 4) is 0 Å². The summed E-state index contributed by atoms with van der Waals surface area (Å²) < 4.78 is 0. The first-order chi connectivity index (χ1) is 10.2. The van der Waals surface area contributed by atoms with Crippen molar-refractivity contribution in [3.05, 3.63) is 71.3 Å². The molecule has 0 fully saturated rings. The molecule has 1 amide bonds. The van der Waals surface area contributed by atoms with Gasteiger partial charge in [-0.15, -0.1) is 0 Å². The Morgan fingerprint density at radius 3 is 2.29 bits per heavy atom. The molecule has 2 N–H and O–H groups in total. The molecule has 0 heterocycles. The van der Waals surface area contributed by atoms with Crippen LogP contribution in [0.5, 0.6) is 0 Å². The molecule has 3 nitrogen and oxygen atoms in total. The zero-order valence-electron chi connectivity index (χ0n) is 12.6. The van der Waals surface area contributed by atoms with Crippen molar-refractivity contribution in [2.24, 2.45) is 0 Å². The summed E-state index contributed by atoms with van der Waals surface area (Å²) >= 11 is 0. The Morgan fingerprint density at radius 1 is 1.05 bits per heavy atom. The summed E-state index contributed by atoms with van der Waals surface area (Å²) in [5, 5.41) is 6.19. The highest BCUT2D eigenvalue weighted by Crippen LogP contribution is 2.16. The van der Waals surface area contributed by atoms with Gasteiger partial charge in [0.15, 0.2) is 0 Å². The fraction of sp³-hybridized carbons (Fsp3) is 0.278. The molecule has 1 atom stereocenters. The lowest BCUT2D eigenvalue weighted by Gasteiger charge is -2.17. The van der Waals surface area contributed by atoms with Crippen molar-refractivity contribution in [2.45, 2.75) is 25.9 Å². The van der Waals surface area contributed by atoms with E-state index in [1.165, 1.54) is 11.1 Å². The zero-order valence-corrected chi connectivity index (χ0v) is 12.6. The van der Waals surface area contributed by atoms with E-state index in [1.807, 2.05) is 30.3 Å². The van der Waals surface area contributed by atoms with Crippen molar-refractivity contribution < 1.29 is 4.79 Å². The highest BCUT2D eigenvalue weighted by Gasteiger charge is 2.08. The fourth-order valence-corrected chi connectivity index (χ4v) is 2.34. The molecule has 0 aromatic heterocycles. The highest BCUT2D eigenvalue weighted by atomic mass is 16.1. The summed E-state index contributed by atoms with van der Waals surface area (Å²) in [7, 11) is 1.64. The van der Waals surface area contributed by atoms with E-state index < -0.39 is 0 Å². The molecule has 110 valence electrons. The van der Waals surface area contributed by atoms with Gasteiger partial charge in [-0.2, -0.15) is 0 Å². The molecule has 2 aromatic rings. The van der Waals surface area contributed by atoms with Crippen molar-refractivity contribution in [3.63, 3.8) is 0 Å². The maximum absolute atomic E-state index is 11.5. The van der Waals surface area contributed by atoms with E-state index in [-0.39, 0.29) is 5.91 Å². The normalized spacial score (nSPS) is 11.9. The van der Waals surface area contributed by atoms with Crippen LogP contribution in [0.2, 0.25) is 0 Å². The first kappa shape index (κ1) is 15.3. The Bertz CT molecular complexity index is 564. The van der Waals surface area contributed by atoms with Gasteiger partial charge in [-0.3, -0.25) is 4.79 Å². The Labute approximate surface area is 126 Å². The number of hydrogen-bond donors (Lipinski definition) is 2. The van der Waals surface area contributed by atoms with Crippen molar-refractivity contribution in [2.75, 3.05) is 7.05 Å². The Hall–Kier alpha value is -2.13. The first-order valence-electron chi connectivity index (χ1n) is 7.34. The van der Waals surface area contributed by atoms with Crippen LogP contribution >= 0.6 is 0 Å². The summed E-state index contributed by atoms with van der Waals surface area (Å²) in [6.07, 6.45) is 1.04. The molecule has 1 unspecified atom stereocenters. The van der Waals surface area contributed by atoms with Gasteiger partial charge < -0.3 is 10.6 Å². The monoisotopic (exact) mass is 282 g/mol. The summed E-state index contributed by atoms with van der Waals surface area (Å²) in [6, 6.07) is 18.5. The molecule has 0 saturated heterocycles. The van der Waals surface area contributed by atoms with Crippen LogP contribution in [0.1, 0.15) is 40.9 Å². The van der Waals surface area contributed by atoms with Gasteiger partial charge in [0, 0.05) is 25.2 Å².